The van der Waals surface area contributed by atoms with Gasteiger partial charge in [0.2, 0.25) is 0 Å². The Morgan fingerprint density at radius 1 is 0.471 bits per heavy atom. The Morgan fingerprint density at radius 2 is 0.843 bits per heavy atom. The molecule has 0 aliphatic rings. The summed E-state index contributed by atoms with van der Waals surface area (Å²) in [5, 5.41) is 9.56. The van der Waals surface area contributed by atoms with E-state index in [-0.39, 0.29) is 25.2 Å². The van der Waals surface area contributed by atoms with Crippen molar-refractivity contribution in [2.24, 2.45) is 0 Å². The SMILES string of the molecule is CC/C=C\C/C=C\C/C=C\C/C=C\C/C=C\C/C=C\CCCCCCC(=O)OC(CO)COC(=O)CCCCCCC/C=C\C/C=C\CCCC. The first kappa shape index (κ1) is 47.8. The van der Waals surface area contributed by atoms with Gasteiger partial charge in [-0.15, -0.1) is 0 Å². The van der Waals surface area contributed by atoms with E-state index < -0.39 is 6.10 Å². The second-order valence-electron chi connectivity index (χ2n) is 13.0. The number of unbranched alkanes of at least 4 members (excludes halogenated alkanes) is 11. The Bertz CT molecular complexity index is 1030. The molecule has 0 rings (SSSR count). The van der Waals surface area contributed by atoms with Crippen molar-refractivity contribution in [1.82, 2.24) is 0 Å². The van der Waals surface area contributed by atoms with Crippen molar-refractivity contribution in [3.05, 3.63) is 97.2 Å². The molecule has 0 aliphatic heterocycles. The minimum Gasteiger partial charge on any atom is -0.462 e. The first-order chi connectivity index (χ1) is 25.1. The first-order valence-electron chi connectivity index (χ1n) is 20.3. The van der Waals surface area contributed by atoms with E-state index in [4.69, 9.17) is 9.47 Å². The van der Waals surface area contributed by atoms with Crippen LogP contribution in [-0.4, -0.2) is 36.4 Å². The summed E-state index contributed by atoms with van der Waals surface area (Å²) in [6.07, 6.45) is 57.5. The molecule has 0 aliphatic carbocycles. The van der Waals surface area contributed by atoms with Crippen molar-refractivity contribution >= 4 is 11.9 Å². The lowest BCUT2D eigenvalue weighted by molar-refractivity contribution is -0.161. The van der Waals surface area contributed by atoms with Crippen LogP contribution in [0, 0.1) is 0 Å². The quantitative estimate of drug-likeness (QED) is 0.0403. The van der Waals surface area contributed by atoms with Crippen LogP contribution in [0.1, 0.15) is 162 Å². The molecule has 5 nitrogen and oxygen atoms in total. The van der Waals surface area contributed by atoms with E-state index >= 15 is 0 Å². The molecular weight excluding hydrogens is 633 g/mol. The average molecular weight is 707 g/mol. The topological polar surface area (TPSA) is 72.8 Å². The van der Waals surface area contributed by atoms with Gasteiger partial charge in [-0.25, -0.2) is 0 Å². The molecule has 1 atom stereocenters. The number of hydrogen-bond donors (Lipinski definition) is 1. The van der Waals surface area contributed by atoms with Gasteiger partial charge in [0, 0.05) is 12.8 Å². The number of esters is 2. The van der Waals surface area contributed by atoms with Crippen LogP contribution in [0.25, 0.3) is 0 Å². The highest BCUT2D eigenvalue weighted by Crippen LogP contribution is 2.11. The summed E-state index contributed by atoms with van der Waals surface area (Å²) < 4.78 is 10.6. The maximum Gasteiger partial charge on any atom is 0.306 e. The number of carbonyl (C=O) groups is 2. The lowest BCUT2D eigenvalue weighted by atomic mass is 10.1. The summed E-state index contributed by atoms with van der Waals surface area (Å²) in [4.78, 5) is 24.3. The fourth-order valence-electron chi connectivity index (χ4n) is 5.04. The number of aliphatic hydroxyl groups excluding tert-OH is 1. The molecule has 1 unspecified atom stereocenters. The molecule has 5 heteroatoms. The molecule has 0 heterocycles. The van der Waals surface area contributed by atoms with Gasteiger partial charge in [0.15, 0.2) is 6.10 Å². The molecule has 288 valence electrons. The number of ether oxygens (including phenoxy) is 2. The minimum atomic E-state index is -0.797. The van der Waals surface area contributed by atoms with Gasteiger partial charge in [-0.2, -0.15) is 0 Å². The smallest absolute Gasteiger partial charge is 0.306 e. The molecular formula is C46H74O5. The number of carbonyl (C=O) groups excluding carboxylic acids is 2. The molecule has 0 aromatic heterocycles. The van der Waals surface area contributed by atoms with Gasteiger partial charge < -0.3 is 14.6 Å². The Kier molecular flexibility index (Phi) is 38.7. The number of rotatable bonds is 35. The van der Waals surface area contributed by atoms with Crippen LogP contribution in [-0.2, 0) is 19.1 Å². The molecule has 0 spiro atoms. The van der Waals surface area contributed by atoms with Crippen LogP contribution in [0.4, 0.5) is 0 Å². The maximum atomic E-state index is 12.2. The summed E-state index contributed by atoms with van der Waals surface area (Å²) in [5.41, 5.74) is 0. The standard InChI is InChI=1S/C46H74O5/c1-3-5-7-9-11-13-15-17-19-20-21-22-23-24-25-26-27-29-31-33-35-37-39-41-46(49)51-44(42-47)43-50-45(48)40-38-36-34-32-30-28-18-16-14-12-10-8-6-4-2/h5,7,10-13,16-19,21-22,24-25,27,29,44,47H,3-4,6,8-9,14-15,20,23,26,28,30-43H2,1-2H3/b7-5-,12-10-,13-11-,18-16-,19-17-,22-21-,25-24-,29-27-. The van der Waals surface area contributed by atoms with Gasteiger partial charge in [-0.05, 0) is 89.9 Å². The van der Waals surface area contributed by atoms with E-state index in [2.05, 4.69) is 111 Å². The Morgan fingerprint density at radius 3 is 1.27 bits per heavy atom. The minimum absolute atomic E-state index is 0.0901. The third-order valence-corrected chi connectivity index (χ3v) is 8.11. The van der Waals surface area contributed by atoms with Crippen LogP contribution < -0.4 is 0 Å². The molecule has 0 saturated heterocycles. The molecule has 0 bridgehead atoms. The second kappa shape index (κ2) is 41.2. The average Bonchev–Trinajstić information content (AvgIpc) is 3.13. The van der Waals surface area contributed by atoms with E-state index in [0.717, 1.165) is 109 Å². The zero-order valence-electron chi connectivity index (χ0n) is 32.6. The molecule has 0 aromatic carbocycles. The lowest BCUT2D eigenvalue weighted by Crippen LogP contribution is -2.28. The van der Waals surface area contributed by atoms with E-state index in [1.54, 1.807) is 0 Å². The third kappa shape index (κ3) is 39.5. The molecule has 0 radical (unpaired) electrons. The van der Waals surface area contributed by atoms with Gasteiger partial charge in [0.1, 0.15) is 6.61 Å². The van der Waals surface area contributed by atoms with Gasteiger partial charge in [-0.3, -0.25) is 9.59 Å². The summed E-state index contributed by atoms with van der Waals surface area (Å²) in [6, 6.07) is 0. The fraction of sp³-hybridized carbons (Fsp3) is 0.609. The first-order valence-corrected chi connectivity index (χ1v) is 20.3. The van der Waals surface area contributed by atoms with Crippen molar-refractivity contribution in [3.63, 3.8) is 0 Å². The van der Waals surface area contributed by atoms with Gasteiger partial charge in [0.05, 0.1) is 6.61 Å². The van der Waals surface area contributed by atoms with Crippen molar-refractivity contribution in [1.29, 1.82) is 0 Å². The summed E-state index contributed by atoms with van der Waals surface area (Å²) in [6.45, 7) is 3.93. The molecule has 0 amide bonds. The molecule has 0 fully saturated rings. The van der Waals surface area contributed by atoms with Crippen molar-refractivity contribution < 1.29 is 24.2 Å². The van der Waals surface area contributed by atoms with E-state index in [9.17, 15) is 14.7 Å². The third-order valence-electron chi connectivity index (χ3n) is 8.11. The fourth-order valence-corrected chi connectivity index (χ4v) is 5.04. The highest BCUT2D eigenvalue weighted by molar-refractivity contribution is 5.70. The van der Waals surface area contributed by atoms with Gasteiger partial charge in [-0.1, -0.05) is 156 Å². The van der Waals surface area contributed by atoms with Crippen LogP contribution in [0.2, 0.25) is 0 Å². The van der Waals surface area contributed by atoms with E-state index in [0.29, 0.717) is 12.8 Å². The Balaban J connectivity index is 3.69. The van der Waals surface area contributed by atoms with Crippen molar-refractivity contribution in [2.75, 3.05) is 13.2 Å². The second-order valence-corrected chi connectivity index (χ2v) is 13.0. The molecule has 0 saturated carbocycles. The van der Waals surface area contributed by atoms with E-state index in [1.807, 2.05) is 0 Å². The van der Waals surface area contributed by atoms with Crippen LogP contribution in [0.15, 0.2) is 97.2 Å². The monoisotopic (exact) mass is 707 g/mol. The largest absolute Gasteiger partial charge is 0.462 e. The zero-order chi connectivity index (χ0) is 37.1. The van der Waals surface area contributed by atoms with Crippen LogP contribution >= 0.6 is 0 Å². The Labute approximate surface area is 313 Å². The summed E-state index contributed by atoms with van der Waals surface area (Å²) >= 11 is 0. The van der Waals surface area contributed by atoms with Crippen LogP contribution in [0.5, 0.6) is 0 Å². The lowest BCUT2D eigenvalue weighted by Gasteiger charge is -2.15. The normalized spacial score (nSPS) is 13.2. The molecule has 51 heavy (non-hydrogen) atoms. The molecule has 1 N–H and O–H groups in total. The number of aliphatic hydroxyl groups is 1. The van der Waals surface area contributed by atoms with Crippen molar-refractivity contribution in [2.45, 2.75) is 168 Å². The Hall–Kier alpha value is -3.18. The zero-order valence-corrected chi connectivity index (χ0v) is 32.6. The highest BCUT2D eigenvalue weighted by Gasteiger charge is 2.16. The van der Waals surface area contributed by atoms with E-state index in [1.165, 1.54) is 25.7 Å². The predicted molar refractivity (Wildman–Crippen MR) is 219 cm³/mol. The summed E-state index contributed by atoms with van der Waals surface area (Å²) in [7, 11) is 0. The molecule has 0 aromatic rings. The maximum absolute atomic E-state index is 12.2. The van der Waals surface area contributed by atoms with Crippen molar-refractivity contribution in [3.8, 4) is 0 Å². The number of allylic oxidation sites excluding steroid dienone is 16. The van der Waals surface area contributed by atoms with Gasteiger partial charge >= 0.3 is 11.9 Å². The van der Waals surface area contributed by atoms with Crippen LogP contribution in [0.3, 0.4) is 0 Å². The van der Waals surface area contributed by atoms with Gasteiger partial charge in [0.25, 0.3) is 0 Å². The highest BCUT2D eigenvalue weighted by atomic mass is 16.6. The number of hydrogen-bond acceptors (Lipinski definition) is 5. The predicted octanol–water partition coefficient (Wildman–Crippen LogP) is 12.9. The summed E-state index contributed by atoms with van der Waals surface area (Å²) in [5.74, 6) is -0.647.